The fraction of sp³-hybridized carbons (Fsp3) is 0.500. The summed E-state index contributed by atoms with van der Waals surface area (Å²) >= 11 is 0. The topological polar surface area (TPSA) is 569 Å². The number of nitrogens with one attached hydrogen (secondary N) is 3. The van der Waals surface area contributed by atoms with Crippen molar-refractivity contribution in [3.05, 3.63) is 214 Å². The molecule has 4 aliphatic heterocycles. The first kappa shape index (κ1) is 113. The Bertz CT molecular complexity index is 4940. The monoisotopic (exact) mass is 1940 g/mol. The van der Waals surface area contributed by atoms with Gasteiger partial charge >= 0.3 is 17.9 Å². The Morgan fingerprint density at radius 3 is 1.14 bits per heavy atom. The molecule has 0 saturated carbocycles. The van der Waals surface area contributed by atoms with Crippen LogP contribution < -0.4 is 52.1 Å². The Morgan fingerprint density at radius 2 is 0.777 bits per heavy atom. The number of aliphatic carboxylic acids is 1. The van der Waals surface area contributed by atoms with Crippen LogP contribution in [0.3, 0.4) is 0 Å². The first-order valence-electron chi connectivity index (χ1n) is 46.5. The molecule has 4 heterocycles. The van der Waals surface area contributed by atoms with Gasteiger partial charge in [0.05, 0.1) is 155 Å². The summed E-state index contributed by atoms with van der Waals surface area (Å²) in [5.74, 6) is -7.88. The maximum atomic E-state index is 13.9. The third kappa shape index (κ3) is 36.9. The molecule has 758 valence electrons. The van der Waals surface area contributed by atoms with E-state index in [4.69, 9.17) is 69.7 Å². The van der Waals surface area contributed by atoms with E-state index in [2.05, 4.69) is 28.1 Å². The highest BCUT2D eigenvalue weighted by atomic mass is 16.6. The number of Topliss-reactive ketones (excluding diaryl/α,β-unsaturated/α-hetero) is 5. The number of carboxylic acids is 1. The van der Waals surface area contributed by atoms with Gasteiger partial charge in [0, 0.05) is 45.4 Å². The van der Waals surface area contributed by atoms with Crippen molar-refractivity contribution in [2.75, 3.05) is 127 Å². The van der Waals surface area contributed by atoms with Gasteiger partial charge in [0.25, 0.3) is 0 Å². The van der Waals surface area contributed by atoms with Crippen molar-refractivity contribution in [2.24, 2.45) is 35.0 Å². The second-order valence-corrected chi connectivity index (χ2v) is 35.0. The van der Waals surface area contributed by atoms with E-state index in [-0.39, 0.29) is 56.9 Å². The number of aliphatic hydroxyl groups is 7. The minimum Gasteiger partial charge on any atom is -0.497 e. The number of ketones is 5. The van der Waals surface area contributed by atoms with Crippen molar-refractivity contribution >= 4 is 64.5 Å². The molecular weight excluding hydrogens is 1800 g/mol. The Hall–Kier alpha value is -11.5. The molecule has 37 nitrogen and oxygen atoms in total. The number of hydrogen-bond acceptors (Lipinski definition) is 33. The van der Waals surface area contributed by atoms with Gasteiger partial charge in [-0.2, -0.15) is 0 Å². The standard InChI is InChI=1S/C32H45N3O9.C21H25NO6.C20H28N2O8.C17H19NO4.C12H19NO2/c1-32(20-44-32)30(40)25(16-21-6-4-3-5-7-21)34-31(41)24(29(39)22-8-10-23(42-2)11-9-22)17-27(37)26(19-36)33-28(38)18-35-12-14-43-15-13-35;1-27-16-9-7-15(8-10-16)20(25)17(11-19(24)18(22)12-23)21(26)28-13-14-5-3-2-4-6-14;1-29-14-4-2-13(3-5-14)19(26)15(20(27)28)10-17(24)16(12-23)21-18(25)11-22-6-8-30-9-7-22;1-21-14-9-7-13(8-10-14)16(19)15(18)17(20)22-11-12-5-3-2-4-6-12;1-12(8-15-12)11(14)10(13)7-9-5-3-2-4-6-9/h6,8-11,24-26,29,36,39H,3-5,7,12-20H2,1-2H3,(H,33,38)(H,34,41);2-10,17-18,20,23,25H,11-13,22H2,1H3;2-5,15-16,19,23,26H,6-12H2,1H3,(H,21,25)(H,27,28);2-10,15-16,19H,11,18H2,1H3;5,10H,2-4,6-8,13H2,1H3/t24-,25-,26-,29+,32+;17-,18-,20+;15-,16-,19+;15-,16+;10-,12+/m00000/s1. The number of rotatable bonds is 47. The molecule has 3 amide bonds. The number of ether oxygens (including phenoxy) is 10. The number of morpholine rings is 2. The van der Waals surface area contributed by atoms with Crippen molar-refractivity contribution in [3.8, 4) is 23.0 Å². The van der Waals surface area contributed by atoms with Crippen LogP contribution in [0.15, 0.2) is 181 Å². The third-order valence-electron chi connectivity index (χ3n) is 24.5. The second kappa shape index (κ2) is 57.9. The van der Waals surface area contributed by atoms with Crippen molar-refractivity contribution < 1.29 is 141 Å². The van der Waals surface area contributed by atoms with E-state index < -0.39 is 169 Å². The number of carbonyl (C=O) groups excluding carboxylic acids is 10. The number of benzene rings is 6. The number of aliphatic hydroxyl groups excluding tert-OH is 7. The highest BCUT2D eigenvalue weighted by molar-refractivity contribution is 5.99. The molecule has 37 heteroatoms. The maximum absolute atomic E-state index is 13.9. The Morgan fingerprint density at radius 1 is 0.417 bits per heavy atom. The quantitative estimate of drug-likeness (QED) is 0.0139. The summed E-state index contributed by atoms with van der Waals surface area (Å²) < 4.78 is 51.8. The van der Waals surface area contributed by atoms with E-state index in [0.717, 1.165) is 61.6 Å². The van der Waals surface area contributed by atoms with Crippen LogP contribution in [0.1, 0.15) is 155 Å². The van der Waals surface area contributed by atoms with Gasteiger partial charge in [-0.15, -0.1) is 0 Å². The summed E-state index contributed by atoms with van der Waals surface area (Å²) in [5.41, 5.74) is 21.4. The number of methoxy groups -OCH3 is 4. The summed E-state index contributed by atoms with van der Waals surface area (Å²) in [5, 5.41) is 88.7. The lowest BCUT2D eigenvalue weighted by Crippen LogP contribution is -2.51. The summed E-state index contributed by atoms with van der Waals surface area (Å²) in [7, 11) is 6.06. The fourth-order valence-electron chi connectivity index (χ4n) is 15.5. The largest absolute Gasteiger partial charge is 0.497 e. The van der Waals surface area contributed by atoms with Gasteiger partial charge in [0.15, 0.2) is 28.9 Å². The summed E-state index contributed by atoms with van der Waals surface area (Å²) in [6.07, 6.45) is 7.30. The van der Waals surface area contributed by atoms with Crippen molar-refractivity contribution in [1.29, 1.82) is 0 Å². The van der Waals surface area contributed by atoms with Crippen LogP contribution in [0.25, 0.3) is 0 Å². The number of esters is 2. The smallest absolute Gasteiger partial charge is 0.326 e. The molecule has 0 unspecified atom stereocenters. The number of amides is 3. The Kier molecular flexibility index (Phi) is 47.0. The predicted octanol–water partition coefficient (Wildman–Crippen LogP) is 4.77. The van der Waals surface area contributed by atoms with Gasteiger partial charge in [0.2, 0.25) is 17.7 Å². The zero-order valence-electron chi connectivity index (χ0n) is 79.7. The molecule has 0 radical (unpaired) electrons. The minimum atomic E-state index is -1.44. The molecule has 139 heavy (non-hydrogen) atoms. The minimum absolute atomic E-state index is 0.0196. The molecule has 6 aromatic carbocycles. The SMILES string of the molecule is COc1ccc([C@@H](O)[C@H](CC(=O)[C@@H](N)CO)C(=O)OCc2ccccc2)cc1.COc1ccc([C@@H](O)[C@H](CC(=O)[C@H](CO)NC(=O)CN2CCOCC2)C(=O)N[C@@H](CC2=CCCCC2)C(=O)[C@@]2(C)CO2)cc1.COc1ccc([C@@H](O)[C@H](CC(=O)[C@H](CO)NC(=O)CN2CCOCC2)C(=O)O)cc1.COc1ccc([C@@H](O)[C@H](N)C(=O)OCc2ccccc2)cc1.C[C@]1(C(=O)[C@@H](N)CC2=CCCCC2)CO1. The molecule has 12 rings (SSSR count). The number of nitrogens with two attached hydrogens (primary N) is 3. The number of hydrogen-bond donors (Lipinski definition) is 14. The zero-order valence-corrected chi connectivity index (χ0v) is 79.7. The lowest BCUT2D eigenvalue weighted by Gasteiger charge is -2.28. The van der Waals surface area contributed by atoms with Crippen LogP contribution in [0.2, 0.25) is 0 Å². The van der Waals surface area contributed by atoms with Crippen LogP contribution in [-0.2, 0) is 94.4 Å². The van der Waals surface area contributed by atoms with Crippen LogP contribution in [0, 0.1) is 17.8 Å². The maximum Gasteiger partial charge on any atom is 0.326 e. The highest BCUT2D eigenvalue weighted by Gasteiger charge is 2.51. The van der Waals surface area contributed by atoms with Crippen molar-refractivity contribution in [3.63, 3.8) is 0 Å². The lowest BCUT2D eigenvalue weighted by molar-refractivity contribution is -0.156. The number of carbonyl (C=O) groups is 11. The third-order valence-corrected chi connectivity index (χ3v) is 24.5. The molecule has 4 fully saturated rings. The average molecular weight is 1940 g/mol. The fourth-order valence-corrected chi connectivity index (χ4v) is 15.5. The highest BCUT2D eigenvalue weighted by Crippen LogP contribution is 2.36. The van der Waals surface area contributed by atoms with E-state index in [9.17, 15) is 88.5 Å². The zero-order chi connectivity index (χ0) is 101. The van der Waals surface area contributed by atoms with Crippen molar-refractivity contribution in [2.45, 2.75) is 182 Å². The first-order valence-corrected chi connectivity index (χ1v) is 46.5. The summed E-state index contributed by atoms with van der Waals surface area (Å²) in [4.78, 5) is 142. The molecule has 6 aromatic rings. The predicted molar refractivity (Wildman–Crippen MR) is 508 cm³/mol. The molecular formula is C102H136N8O29. The van der Waals surface area contributed by atoms with Gasteiger partial charge in [-0.05, 0) is 160 Å². The molecule has 0 bridgehead atoms. The number of carboxylic acid groups (broad SMARTS) is 1. The molecule has 17 N–H and O–H groups in total. The summed E-state index contributed by atoms with van der Waals surface area (Å²) in [6, 6.07) is 38.1. The van der Waals surface area contributed by atoms with Gasteiger partial charge in [-0.3, -0.25) is 62.5 Å². The molecule has 6 aliphatic rings. The normalized spacial score (nSPS) is 19.4. The van der Waals surface area contributed by atoms with Gasteiger partial charge in [-0.1, -0.05) is 132 Å². The molecule has 0 spiro atoms. The number of nitrogens with zero attached hydrogens (tertiary/aromatic N) is 2. The van der Waals surface area contributed by atoms with Crippen LogP contribution in [0.4, 0.5) is 0 Å². The van der Waals surface area contributed by atoms with E-state index in [0.29, 0.717) is 111 Å². The lowest BCUT2D eigenvalue weighted by atomic mass is 9.86. The summed E-state index contributed by atoms with van der Waals surface area (Å²) in [6.45, 7) is 6.99. The Balaban J connectivity index is 0.000000222. The van der Waals surface area contributed by atoms with E-state index >= 15 is 0 Å². The van der Waals surface area contributed by atoms with E-state index in [1.807, 2.05) is 65.3 Å². The van der Waals surface area contributed by atoms with E-state index in [1.165, 1.54) is 51.9 Å². The molecule has 0 aromatic heterocycles. The van der Waals surface area contributed by atoms with Crippen molar-refractivity contribution in [1.82, 2.24) is 25.8 Å². The van der Waals surface area contributed by atoms with Gasteiger partial charge < -0.3 is 121 Å². The first-order chi connectivity index (χ1) is 66.7. The number of allylic oxidation sites excluding steroid dienone is 2. The molecule has 2 aliphatic carbocycles. The Labute approximate surface area is 809 Å². The number of epoxide rings is 2. The molecule has 4 saturated heterocycles. The van der Waals surface area contributed by atoms with E-state index in [1.54, 1.807) is 111 Å². The average Bonchev–Trinajstić information content (AvgIpc) is 1.65. The van der Waals surface area contributed by atoms with Gasteiger partial charge in [-0.25, -0.2) is 0 Å². The van der Waals surface area contributed by atoms with Gasteiger partial charge in [0.1, 0.15) is 71.6 Å². The van der Waals surface area contributed by atoms with Crippen LogP contribution >= 0.6 is 0 Å². The molecule has 15 atom stereocenters. The second-order valence-electron chi connectivity index (χ2n) is 35.0. The van der Waals surface area contributed by atoms with Crippen LogP contribution in [-0.4, -0.2) is 290 Å². The van der Waals surface area contributed by atoms with Crippen LogP contribution in [0.5, 0.6) is 23.0 Å².